The third-order valence-electron chi connectivity index (χ3n) is 5.06. The maximum absolute atomic E-state index is 12.6. The number of likely N-dealkylation sites (tertiary alicyclic amines) is 1. The highest BCUT2D eigenvalue weighted by atomic mass is 16.5. The van der Waals surface area contributed by atoms with Crippen LogP contribution in [0.1, 0.15) is 31.7 Å². The van der Waals surface area contributed by atoms with Gasteiger partial charge in [-0.1, -0.05) is 30.3 Å². The molecule has 2 amide bonds. The molecule has 1 N–H and O–H groups in total. The number of rotatable bonds is 8. The van der Waals surface area contributed by atoms with E-state index < -0.39 is 11.4 Å². The highest BCUT2D eigenvalue weighted by Crippen LogP contribution is 2.31. The summed E-state index contributed by atoms with van der Waals surface area (Å²) >= 11 is 0. The molecule has 27 heavy (non-hydrogen) atoms. The van der Waals surface area contributed by atoms with Crippen LogP contribution in [0, 0.1) is 5.41 Å². The molecule has 1 aromatic rings. The summed E-state index contributed by atoms with van der Waals surface area (Å²) < 4.78 is 5.10. The Balaban J connectivity index is 1.96. The van der Waals surface area contributed by atoms with E-state index >= 15 is 0 Å². The molecule has 1 heterocycles. The van der Waals surface area contributed by atoms with Crippen molar-refractivity contribution in [3.05, 3.63) is 35.9 Å². The number of benzene rings is 1. The van der Waals surface area contributed by atoms with E-state index in [-0.39, 0.29) is 31.4 Å². The summed E-state index contributed by atoms with van der Waals surface area (Å²) in [6.45, 7) is 3.02. The van der Waals surface area contributed by atoms with Gasteiger partial charge in [0.05, 0.1) is 6.61 Å². The zero-order valence-electron chi connectivity index (χ0n) is 16.0. The lowest BCUT2D eigenvalue weighted by Gasteiger charge is -2.39. The minimum absolute atomic E-state index is 0.0830. The third-order valence-corrected chi connectivity index (χ3v) is 5.06. The highest BCUT2D eigenvalue weighted by Gasteiger charge is 2.43. The molecule has 2 rings (SSSR count). The van der Waals surface area contributed by atoms with Gasteiger partial charge >= 0.3 is 5.97 Å². The minimum atomic E-state index is -1.05. The van der Waals surface area contributed by atoms with Crippen LogP contribution in [-0.2, 0) is 25.7 Å². The summed E-state index contributed by atoms with van der Waals surface area (Å²) in [4.78, 5) is 39.5. The van der Waals surface area contributed by atoms with Crippen LogP contribution in [0.25, 0.3) is 0 Å². The van der Waals surface area contributed by atoms with E-state index in [0.29, 0.717) is 32.5 Å². The smallest absolute Gasteiger partial charge is 0.313 e. The topological polar surface area (TPSA) is 87.2 Å². The van der Waals surface area contributed by atoms with E-state index in [1.807, 2.05) is 30.3 Å². The Morgan fingerprint density at radius 3 is 2.56 bits per heavy atom. The lowest BCUT2D eigenvalue weighted by Crippen LogP contribution is -2.52. The molecule has 1 saturated heterocycles. The quantitative estimate of drug-likeness (QED) is 0.747. The predicted molar refractivity (Wildman–Crippen MR) is 99.9 cm³/mol. The van der Waals surface area contributed by atoms with Crippen molar-refractivity contribution in [2.75, 3.05) is 33.4 Å². The van der Waals surface area contributed by atoms with Gasteiger partial charge in [-0.25, -0.2) is 0 Å². The van der Waals surface area contributed by atoms with Crippen LogP contribution < -0.4 is 0 Å². The molecule has 148 valence electrons. The summed E-state index contributed by atoms with van der Waals surface area (Å²) in [5.41, 5.74) is -0.0458. The van der Waals surface area contributed by atoms with E-state index in [9.17, 15) is 19.5 Å². The summed E-state index contributed by atoms with van der Waals surface area (Å²) in [7, 11) is 1.47. The van der Waals surface area contributed by atoms with Gasteiger partial charge in [0.15, 0.2) is 0 Å². The fourth-order valence-corrected chi connectivity index (χ4v) is 3.52. The number of ether oxygens (including phenoxy) is 1. The first-order valence-electron chi connectivity index (χ1n) is 9.17. The molecule has 0 spiro atoms. The standard InChI is InChI=1S/C20H28N2O5/c1-16(23)21(13-17-7-4-3-5-8-17)12-9-18(24)22-11-6-10-20(14-22,15-27-2)19(25)26/h3-5,7-8H,6,9-15H2,1-2H3,(H,25,26). The number of carbonyl (C=O) groups excluding carboxylic acids is 2. The van der Waals surface area contributed by atoms with E-state index in [0.717, 1.165) is 5.56 Å². The molecule has 1 unspecified atom stereocenters. The largest absolute Gasteiger partial charge is 0.481 e. The monoisotopic (exact) mass is 376 g/mol. The zero-order chi connectivity index (χ0) is 19.9. The van der Waals surface area contributed by atoms with Gasteiger partial charge in [0, 0.05) is 46.6 Å². The van der Waals surface area contributed by atoms with Crippen molar-refractivity contribution in [3.63, 3.8) is 0 Å². The molecule has 0 saturated carbocycles. The second kappa shape index (κ2) is 9.50. The Labute approximate surface area is 159 Å². The predicted octanol–water partition coefficient (Wildman–Crippen LogP) is 1.76. The van der Waals surface area contributed by atoms with Crippen LogP contribution >= 0.6 is 0 Å². The van der Waals surface area contributed by atoms with Crippen LogP contribution in [0.2, 0.25) is 0 Å². The Morgan fingerprint density at radius 2 is 1.96 bits per heavy atom. The maximum atomic E-state index is 12.6. The van der Waals surface area contributed by atoms with Gasteiger partial charge in [-0.3, -0.25) is 14.4 Å². The molecule has 7 heteroatoms. The van der Waals surface area contributed by atoms with Crippen molar-refractivity contribution in [1.29, 1.82) is 0 Å². The fourth-order valence-electron chi connectivity index (χ4n) is 3.52. The number of nitrogens with zero attached hydrogens (tertiary/aromatic N) is 2. The van der Waals surface area contributed by atoms with Crippen molar-refractivity contribution in [1.82, 2.24) is 9.80 Å². The van der Waals surface area contributed by atoms with Gasteiger partial charge in [0.2, 0.25) is 11.8 Å². The number of hydrogen-bond donors (Lipinski definition) is 1. The number of amides is 2. The summed E-state index contributed by atoms with van der Waals surface area (Å²) in [5.74, 6) is -1.16. The molecule has 1 aliphatic rings. The second-order valence-electron chi connectivity index (χ2n) is 7.11. The fraction of sp³-hybridized carbons (Fsp3) is 0.550. The number of methoxy groups -OCH3 is 1. The number of piperidine rings is 1. The van der Waals surface area contributed by atoms with Crippen molar-refractivity contribution in [3.8, 4) is 0 Å². The molecule has 0 radical (unpaired) electrons. The van der Waals surface area contributed by atoms with Crippen molar-refractivity contribution >= 4 is 17.8 Å². The molecule has 1 aromatic carbocycles. The van der Waals surface area contributed by atoms with Gasteiger partial charge < -0.3 is 19.6 Å². The second-order valence-corrected chi connectivity index (χ2v) is 7.11. The molecule has 0 aromatic heterocycles. The number of carboxylic acids is 1. The first-order chi connectivity index (χ1) is 12.9. The van der Waals surface area contributed by atoms with Crippen LogP contribution in [0.5, 0.6) is 0 Å². The van der Waals surface area contributed by atoms with Crippen LogP contribution in [-0.4, -0.2) is 66.0 Å². The van der Waals surface area contributed by atoms with Gasteiger partial charge in [0.25, 0.3) is 0 Å². The lowest BCUT2D eigenvalue weighted by molar-refractivity contribution is -0.159. The molecule has 0 bridgehead atoms. The first-order valence-corrected chi connectivity index (χ1v) is 9.17. The average Bonchev–Trinajstić information content (AvgIpc) is 2.65. The summed E-state index contributed by atoms with van der Waals surface area (Å²) in [5, 5.41) is 9.60. The van der Waals surface area contributed by atoms with Crippen molar-refractivity contribution in [2.45, 2.75) is 32.7 Å². The summed E-state index contributed by atoms with van der Waals surface area (Å²) in [6.07, 6.45) is 1.30. The molecule has 0 aliphatic carbocycles. The number of hydrogen-bond acceptors (Lipinski definition) is 4. The molecule has 1 fully saturated rings. The minimum Gasteiger partial charge on any atom is -0.481 e. The van der Waals surface area contributed by atoms with Crippen LogP contribution in [0.4, 0.5) is 0 Å². The van der Waals surface area contributed by atoms with Gasteiger partial charge in [-0.2, -0.15) is 0 Å². The third kappa shape index (κ3) is 5.53. The van der Waals surface area contributed by atoms with Crippen LogP contribution in [0.3, 0.4) is 0 Å². The Morgan fingerprint density at radius 1 is 1.26 bits per heavy atom. The van der Waals surface area contributed by atoms with Crippen molar-refractivity contribution < 1.29 is 24.2 Å². The van der Waals surface area contributed by atoms with Crippen molar-refractivity contribution in [2.24, 2.45) is 5.41 Å². The lowest BCUT2D eigenvalue weighted by atomic mass is 9.80. The molecule has 1 atom stereocenters. The molecule has 1 aliphatic heterocycles. The Kier molecular flexibility index (Phi) is 7.36. The van der Waals surface area contributed by atoms with E-state index in [1.165, 1.54) is 14.0 Å². The SMILES string of the molecule is COCC1(C(=O)O)CCCN(C(=O)CCN(Cc2ccccc2)C(C)=O)C1. The van der Waals surface area contributed by atoms with E-state index in [2.05, 4.69) is 0 Å². The number of carbonyl (C=O) groups is 3. The molecular weight excluding hydrogens is 348 g/mol. The number of aliphatic carboxylic acids is 1. The Hall–Kier alpha value is -2.41. The van der Waals surface area contributed by atoms with Gasteiger partial charge in [-0.15, -0.1) is 0 Å². The first kappa shape index (κ1) is 20.9. The average molecular weight is 376 g/mol. The van der Waals surface area contributed by atoms with Crippen LogP contribution in [0.15, 0.2) is 30.3 Å². The normalized spacial score (nSPS) is 19.6. The van der Waals surface area contributed by atoms with Gasteiger partial charge in [-0.05, 0) is 18.4 Å². The maximum Gasteiger partial charge on any atom is 0.313 e. The Bertz CT molecular complexity index is 660. The summed E-state index contributed by atoms with van der Waals surface area (Å²) in [6, 6.07) is 9.61. The van der Waals surface area contributed by atoms with Gasteiger partial charge in [0.1, 0.15) is 5.41 Å². The highest BCUT2D eigenvalue weighted by molar-refractivity contribution is 5.80. The molecular formula is C20H28N2O5. The van der Waals surface area contributed by atoms with E-state index in [4.69, 9.17) is 4.74 Å². The number of carboxylic acid groups (broad SMARTS) is 1. The van der Waals surface area contributed by atoms with E-state index in [1.54, 1.807) is 9.80 Å². The zero-order valence-corrected chi connectivity index (χ0v) is 16.0. The molecule has 7 nitrogen and oxygen atoms in total.